The van der Waals surface area contributed by atoms with E-state index in [0.29, 0.717) is 41.1 Å². The van der Waals surface area contributed by atoms with Crippen LogP contribution in [0.4, 0.5) is 5.82 Å². The first-order valence-corrected chi connectivity index (χ1v) is 15.3. The molecule has 1 aliphatic rings. The summed E-state index contributed by atoms with van der Waals surface area (Å²) in [5.41, 5.74) is 0.964. The summed E-state index contributed by atoms with van der Waals surface area (Å²) in [5, 5.41) is 21.1. The van der Waals surface area contributed by atoms with Crippen LogP contribution in [-0.2, 0) is 9.47 Å². The second-order valence-corrected chi connectivity index (χ2v) is 11.6. The molecule has 0 aliphatic heterocycles. The molecule has 2 heterocycles. The molecule has 2 aromatic heterocycles. The summed E-state index contributed by atoms with van der Waals surface area (Å²) in [7, 11) is 0. The van der Waals surface area contributed by atoms with Gasteiger partial charge in [0.2, 0.25) is 5.72 Å². The lowest BCUT2D eigenvalue weighted by molar-refractivity contribution is -0.0931. The van der Waals surface area contributed by atoms with Crippen LogP contribution in [0.3, 0.4) is 0 Å². The summed E-state index contributed by atoms with van der Waals surface area (Å²) in [6, 6.07) is 34.5. The molecule has 6 aromatic rings. The highest BCUT2D eigenvalue weighted by atomic mass is 35.5. The number of anilines is 1. The number of carbonyl (C=O) groups is 2. The molecule has 2 N–H and O–H groups in total. The largest absolute Gasteiger partial charge is 0.452 e. The van der Waals surface area contributed by atoms with E-state index >= 15 is 0 Å². The zero-order chi connectivity index (χ0) is 31.7. The molecule has 46 heavy (non-hydrogen) atoms. The highest BCUT2D eigenvalue weighted by molar-refractivity contribution is 6.29. The van der Waals surface area contributed by atoms with Crippen molar-refractivity contribution in [3.8, 4) is 11.3 Å². The molecule has 0 amide bonds. The zero-order valence-electron chi connectivity index (χ0n) is 24.5. The molecule has 10 heteroatoms. The van der Waals surface area contributed by atoms with Crippen molar-refractivity contribution in [3.63, 3.8) is 0 Å². The molecule has 4 aromatic carbocycles. The maximum absolute atomic E-state index is 13.7. The first-order valence-electron chi connectivity index (χ1n) is 14.9. The number of benzene rings is 4. The lowest BCUT2D eigenvalue weighted by Crippen LogP contribution is -2.56. The van der Waals surface area contributed by atoms with Crippen LogP contribution in [0.2, 0.25) is 5.15 Å². The van der Waals surface area contributed by atoms with Crippen molar-refractivity contribution < 1.29 is 24.2 Å². The number of aliphatic hydroxyl groups excluding tert-OH is 1. The topological polar surface area (TPSA) is 115 Å². The number of hydrogen-bond donors (Lipinski definition) is 2. The molecular formula is C36H29ClN4O5. The van der Waals surface area contributed by atoms with Gasteiger partial charge in [0.15, 0.2) is 11.8 Å². The number of rotatable bonds is 8. The number of aromatic nitrogens is 3. The molecule has 3 atom stereocenters. The number of hydrogen-bond acceptors (Lipinski definition) is 8. The summed E-state index contributed by atoms with van der Waals surface area (Å²) >= 11 is 6.54. The minimum atomic E-state index is -1.69. The fourth-order valence-electron chi connectivity index (χ4n) is 6.15. The molecule has 230 valence electrons. The normalized spacial score (nSPS) is 19.3. The third-order valence-corrected chi connectivity index (χ3v) is 8.59. The predicted octanol–water partition coefficient (Wildman–Crippen LogP) is 6.80. The summed E-state index contributed by atoms with van der Waals surface area (Å²) in [5.74, 6) is -1.55. The van der Waals surface area contributed by atoms with Crippen molar-refractivity contribution in [3.05, 3.63) is 132 Å². The van der Waals surface area contributed by atoms with Gasteiger partial charge in [0.25, 0.3) is 0 Å². The monoisotopic (exact) mass is 632 g/mol. The quantitative estimate of drug-likeness (QED) is 0.107. The summed E-state index contributed by atoms with van der Waals surface area (Å²) in [6.07, 6.45) is -0.248. The smallest absolute Gasteiger partial charge is 0.340 e. The second-order valence-electron chi connectivity index (χ2n) is 11.2. The molecule has 9 nitrogen and oxygen atoms in total. The van der Waals surface area contributed by atoms with E-state index in [4.69, 9.17) is 26.2 Å². The molecule has 0 spiro atoms. The van der Waals surface area contributed by atoms with Crippen LogP contribution in [-0.4, -0.2) is 50.1 Å². The summed E-state index contributed by atoms with van der Waals surface area (Å²) in [4.78, 5) is 31.5. The lowest BCUT2D eigenvalue weighted by atomic mass is 9.98. The Bertz CT molecular complexity index is 2050. The Morgan fingerprint density at radius 3 is 2.28 bits per heavy atom. The van der Waals surface area contributed by atoms with Gasteiger partial charge in [-0.15, -0.1) is 0 Å². The van der Waals surface area contributed by atoms with Crippen LogP contribution in [0.25, 0.3) is 27.7 Å². The number of nitrogens with one attached hydrogen (secondary N) is 1. The van der Waals surface area contributed by atoms with Crippen molar-refractivity contribution in [2.24, 2.45) is 5.92 Å². The van der Waals surface area contributed by atoms with Crippen LogP contribution in [0.1, 0.15) is 33.6 Å². The van der Waals surface area contributed by atoms with Crippen molar-refractivity contribution in [2.75, 3.05) is 11.9 Å². The number of nitrogens with zero attached hydrogens (tertiary/aromatic N) is 3. The number of fused-ring (bicyclic) bond motifs is 2. The Morgan fingerprint density at radius 2 is 1.54 bits per heavy atom. The van der Waals surface area contributed by atoms with Crippen LogP contribution in [0.5, 0.6) is 0 Å². The van der Waals surface area contributed by atoms with Crippen molar-refractivity contribution in [2.45, 2.75) is 24.7 Å². The van der Waals surface area contributed by atoms with Crippen LogP contribution in [0, 0.1) is 5.92 Å². The zero-order valence-corrected chi connectivity index (χ0v) is 25.3. The lowest BCUT2D eigenvalue weighted by Gasteiger charge is -2.39. The Labute approximate surface area is 269 Å². The van der Waals surface area contributed by atoms with Gasteiger partial charge in [-0.05, 0) is 47.9 Å². The number of esters is 2. The van der Waals surface area contributed by atoms with Gasteiger partial charge >= 0.3 is 11.9 Å². The Hall–Kier alpha value is -5.25. The molecule has 1 saturated carbocycles. The van der Waals surface area contributed by atoms with E-state index in [2.05, 4.69) is 10.3 Å². The third kappa shape index (κ3) is 5.44. The minimum Gasteiger partial charge on any atom is -0.452 e. The first kappa shape index (κ1) is 29.5. The van der Waals surface area contributed by atoms with Gasteiger partial charge in [0.1, 0.15) is 11.0 Å². The fourth-order valence-corrected chi connectivity index (χ4v) is 6.34. The van der Waals surface area contributed by atoms with Crippen LogP contribution < -0.4 is 5.32 Å². The molecule has 7 rings (SSSR count). The van der Waals surface area contributed by atoms with E-state index in [1.165, 1.54) is 0 Å². The Kier molecular flexibility index (Phi) is 7.86. The Balaban J connectivity index is 1.34. The fraction of sp³-hybridized carbons (Fsp3) is 0.167. The van der Waals surface area contributed by atoms with Gasteiger partial charge in [-0.2, -0.15) is 9.61 Å². The highest BCUT2D eigenvalue weighted by Crippen LogP contribution is 2.43. The van der Waals surface area contributed by atoms with E-state index in [1.807, 2.05) is 48.5 Å². The molecular weight excluding hydrogens is 604 g/mol. The Morgan fingerprint density at radius 1 is 0.870 bits per heavy atom. The molecule has 1 aliphatic carbocycles. The van der Waals surface area contributed by atoms with Gasteiger partial charge < -0.3 is 19.9 Å². The van der Waals surface area contributed by atoms with Gasteiger partial charge in [0.05, 0.1) is 23.4 Å². The average molecular weight is 633 g/mol. The van der Waals surface area contributed by atoms with Crippen LogP contribution >= 0.6 is 11.6 Å². The first-order chi connectivity index (χ1) is 22.4. The van der Waals surface area contributed by atoms with E-state index in [0.717, 1.165) is 16.3 Å². The maximum Gasteiger partial charge on any atom is 0.340 e. The number of halogens is 1. The van der Waals surface area contributed by atoms with Crippen molar-refractivity contribution in [1.82, 2.24) is 14.6 Å². The molecule has 0 saturated heterocycles. The van der Waals surface area contributed by atoms with E-state index in [1.54, 1.807) is 71.2 Å². The average Bonchev–Trinajstić information content (AvgIpc) is 3.66. The van der Waals surface area contributed by atoms with E-state index in [9.17, 15) is 14.7 Å². The molecule has 1 fully saturated rings. The SMILES string of the molecule is O=C(O[C@H]1CC[C@H](CO)[C@@]1(Nc1cc(Cl)nc2cc(-c3cccc4ccccc34)nn12)OC(=O)c1ccccc1)c1ccccc1. The standard InChI is InChI=1S/C36H29ClN4O5/c37-31-21-33(41-32(38-31)20-29(40-41)28-17-9-15-23-10-7-8-16-27(23)28)39-36(46-35(44)25-13-5-2-6-14-25)26(22-42)18-19-30(36)45-34(43)24-11-3-1-4-12-24/h1-17,20-21,26,30,39,42H,18-19,22H2/t26-,30+,36-/m1/s1. The number of aliphatic hydroxyl groups is 1. The maximum atomic E-state index is 13.7. The van der Waals surface area contributed by atoms with Crippen molar-refractivity contribution >= 4 is 45.8 Å². The summed E-state index contributed by atoms with van der Waals surface area (Å²) < 4.78 is 13.9. The summed E-state index contributed by atoms with van der Waals surface area (Å²) in [6.45, 7) is -0.350. The predicted molar refractivity (Wildman–Crippen MR) is 175 cm³/mol. The van der Waals surface area contributed by atoms with Crippen molar-refractivity contribution in [1.29, 1.82) is 0 Å². The highest BCUT2D eigenvalue weighted by Gasteiger charge is 2.56. The second kappa shape index (κ2) is 12.3. The molecule has 0 bridgehead atoms. The van der Waals surface area contributed by atoms with E-state index in [-0.39, 0.29) is 11.8 Å². The minimum absolute atomic E-state index is 0.167. The van der Waals surface area contributed by atoms with Gasteiger partial charge in [-0.3, -0.25) is 0 Å². The van der Waals surface area contributed by atoms with Crippen LogP contribution in [0.15, 0.2) is 115 Å². The van der Waals surface area contributed by atoms with E-state index < -0.39 is 29.7 Å². The number of ether oxygens (including phenoxy) is 2. The molecule has 0 radical (unpaired) electrons. The van der Waals surface area contributed by atoms with Gasteiger partial charge in [0, 0.05) is 23.6 Å². The molecule has 0 unspecified atom stereocenters. The van der Waals surface area contributed by atoms with Gasteiger partial charge in [-0.25, -0.2) is 14.6 Å². The number of carbonyl (C=O) groups excluding carboxylic acids is 2. The van der Waals surface area contributed by atoms with Gasteiger partial charge in [-0.1, -0.05) is 90.5 Å². The third-order valence-electron chi connectivity index (χ3n) is 8.40.